The van der Waals surface area contributed by atoms with Crippen LogP contribution in [0.1, 0.15) is 45.2 Å². The standard InChI is InChI=1S/C19H32NO2P.Y/c1-8-17(23(9-2,10-3)11-4)19(21)20-18-14(5)12-16(22-7)13-15(18)6;/h12-13,17H,8-11H2,1-7H3;/p+1. The van der Waals surface area contributed by atoms with Crippen LogP contribution >= 0.6 is 7.26 Å². The van der Waals surface area contributed by atoms with Crippen molar-refractivity contribution >= 4 is 18.9 Å². The van der Waals surface area contributed by atoms with Crippen molar-refractivity contribution in [2.75, 3.05) is 30.9 Å². The normalized spacial score (nSPS) is 12.3. The predicted octanol–water partition coefficient (Wildman–Crippen LogP) is 5.10. The summed E-state index contributed by atoms with van der Waals surface area (Å²) in [4.78, 5) is 13.0. The number of hydrogen-bond donors (Lipinski definition) is 1. The SMILES string of the molecule is CCC(C(=O)Nc1c(C)cc(OC)cc1C)[P+](CC)(CC)CC.[Y]. The van der Waals surface area contributed by atoms with Crippen molar-refractivity contribution in [1.29, 1.82) is 0 Å². The first-order chi connectivity index (χ1) is 10.9. The topological polar surface area (TPSA) is 38.3 Å². The largest absolute Gasteiger partial charge is 0.497 e. The Labute approximate surface area is 173 Å². The van der Waals surface area contributed by atoms with E-state index in [2.05, 4.69) is 33.0 Å². The maximum Gasteiger partial charge on any atom is 0.265 e. The van der Waals surface area contributed by atoms with Gasteiger partial charge in [0.15, 0.2) is 0 Å². The number of ether oxygens (including phenoxy) is 1. The Morgan fingerprint density at radius 2 is 1.54 bits per heavy atom. The Hall–Kier alpha value is 0.0239. The number of carbonyl (C=O) groups is 1. The van der Waals surface area contributed by atoms with Crippen LogP contribution in [0.5, 0.6) is 5.75 Å². The van der Waals surface area contributed by atoms with E-state index in [1.165, 1.54) is 0 Å². The van der Waals surface area contributed by atoms with Gasteiger partial charge in [-0.1, -0.05) is 6.92 Å². The molecule has 0 bridgehead atoms. The summed E-state index contributed by atoms with van der Waals surface area (Å²) < 4.78 is 5.30. The molecule has 1 aromatic rings. The molecule has 0 spiro atoms. The van der Waals surface area contributed by atoms with Gasteiger partial charge in [-0.2, -0.15) is 0 Å². The number of anilines is 1. The first kappa shape index (κ1) is 24.0. The number of rotatable bonds is 8. The van der Waals surface area contributed by atoms with Gasteiger partial charge in [0.1, 0.15) is 11.4 Å². The van der Waals surface area contributed by atoms with Crippen LogP contribution in [0.2, 0.25) is 0 Å². The molecule has 0 aliphatic rings. The molecule has 24 heavy (non-hydrogen) atoms. The van der Waals surface area contributed by atoms with E-state index in [-0.39, 0.29) is 44.3 Å². The van der Waals surface area contributed by atoms with Gasteiger partial charge < -0.3 is 10.1 Å². The summed E-state index contributed by atoms with van der Waals surface area (Å²) in [6.07, 6.45) is 4.36. The van der Waals surface area contributed by atoms with Gasteiger partial charge >= 0.3 is 0 Å². The van der Waals surface area contributed by atoms with Gasteiger partial charge in [0.2, 0.25) is 0 Å². The van der Waals surface area contributed by atoms with Gasteiger partial charge in [0.25, 0.3) is 5.91 Å². The van der Waals surface area contributed by atoms with E-state index < -0.39 is 7.26 Å². The third kappa shape index (κ3) is 5.26. The Morgan fingerprint density at radius 3 is 1.88 bits per heavy atom. The predicted molar refractivity (Wildman–Crippen MR) is 104 cm³/mol. The first-order valence-corrected chi connectivity index (χ1v) is 11.1. The van der Waals surface area contributed by atoms with Crippen LogP contribution in [0.25, 0.3) is 0 Å². The molecule has 1 rings (SSSR count). The number of aryl methyl sites for hydroxylation is 2. The molecule has 1 amide bonds. The summed E-state index contributed by atoms with van der Waals surface area (Å²) in [7, 11) is 0.444. The van der Waals surface area contributed by atoms with Crippen molar-refractivity contribution in [3.8, 4) is 5.75 Å². The second kappa shape index (κ2) is 10.9. The molecule has 0 heterocycles. The maximum absolute atomic E-state index is 13.0. The molecule has 0 aliphatic heterocycles. The number of amides is 1. The monoisotopic (exact) mass is 427 g/mol. The quantitative estimate of drug-likeness (QED) is 0.586. The fourth-order valence-corrected chi connectivity index (χ4v) is 7.60. The molecule has 5 heteroatoms. The van der Waals surface area contributed by atoms with Crippen LogP contribution in [0, 0.1) is 13.8 Å². The molecule has 3 nitrogen and oxygen atoms in total. The van der Waals surface area contributed by atoms with Crippen molar-refractivity contribution in [3.63, 3.8) is 0 Å². The zero-order valence-corrected chi connectivity index (χ0v) is 20.1. The smallest absolute Gasteiger partial charge is 0.265 e. The minimum absolute atomic E-state index is 0. The number of benzene rings is 1. The van der Waals surface area contributed by atoms with Crippen LogP contribution < -0.4 is 10.1 Å². The van der Waals surface area contributed by atoms with E-state index >= 15 is 0 Å². The van der Waals surface area contributed by atoms with Gasteiger partial charge in [-0.3, -0.25) is 4.79 Å². The molecule has 0 saturated carbocycles. The van der Waals surface area contributed by atoms with E-state index in [4.69, 9.17) is 4.74 Å². The minimum atomic E-state index is -1.22. The van der Waals surface area contributed by atoms with Crippen LogP contribution in [0.15, 0.2) is 12.1 Å². The van der Waals surface area contributed by atoms with Crippen LogP contribution in [-0.2, 0) is 37.5 Å². The summed E-state index contributed by atoms with van der Waals surface area (Å²) in [5.74, 6) is 1.03. The third-order valence-electron chi connectivity index (χ3n) is 5.23. The molecule has 133 valence electrons. The van der Waals surface area contributed by atoms with Crippen molar-refractivity contribution in [2.24, 2.45) is 0 Å². The molecule has 0 saturated heterocycles. The van der Waals surface area contributed by atoms with E-state index in [1.807, 2.05) is 26.0 Å². The molecule has 0 aromatic heterocycles. The van der Waals surface area contributed by atoms with E-state index in [1.54, 1.807) is 7.11 Å². The van der Waals surface area contributed by atoms with Crippen LogP contribution in [-0.4, -0.2) is 37.2 Å². The van der Waals surface area contributed by atoms with Crippen molar-refractivity contribution < 1.29 is 42.2 Å². The molecule has 1 atom stereocenters. The van der Waals surface area contributed by atoms with Crippen LogP contribution in [0.4, 0.5) is 5.69 Å². The summed E-state index contributed by atoms with van der Waals surface area (Å²) >= 11 is 0. The van der Waals surface area contributed by atoms with Crippen molar-refractivity contribution in [1.82, 2.24) is 0 Å². The summed E-state index contributed by atoms with van der Waals surface area (Å²) in [6, 6.07) is 3.96. The van der Waals surface area contributed by atoms with E-state index in [9.17, 15) is 4.79 Å². The second-order valence-corrected chi connectivity index (χ2v) is 11.2. The zero-order chi connectivity index (χ0) is 17.6. The van der Waals surface area contributed by atoms with E-state index in [0.717, 1.165) is 47.5 Å². The molecular weight excluding hydrogens is 394 g/mol. The average Bonchev–Trinajstić information content (AvgIpc) is 2.55. The minimum Gasteiger partial charge on any atom is -0.497 e. The number of methoxy groups -OCH3 is 1. The van der Waals surface area contributed by atoms with E-state index in [0.29, 0.717) is 0 Å². The summed E-state index contributed by atoms with van der Waals surface area (Å²) in [6.45, 7) is 12.9. The molecule has 0 aliphatic carbocycles. The molecular formula is C19H33NO2PY+. The van der Waals surface area contributed by atoms with Crippen molar-refractivity contribution in [2.45, 2.75) is 53.6 Å². The molecule has 1 radical (unpaired) electrons. The fourth-order valence-electron chi connectivity index (χ4n) is 3.60. The average molecular weight is 427 g/mol. The van der Waals surface area contributed by atoms with Gasteiger partial charge in [0.05, 0.1) is 25.6 Å². The second-order valence-electron chi connectivity index (χ2n) is 6.22. The van der Waals surface area contributed by atoms with Crippen LogP contribution in [0.3, 0.4) is 0 Å². The maximum atomic E-state index is 13.0. The van der Waals surface area contributed by atoms with Gasteiger partial charge in [-0.15, -0.1) is 0 Å². The summed E-state index contributed by atoms with van der Waals surface area (Å²) in [5.41, 5.74) is 3.20. The zero-order valence-electron chi connectivity index (χ0n) is 16.4. The Balaban J connectivity index is 0.00000529. The fraction of sp³-hybridized carbons (Fsp3) is 0.632. The molecule has 0 fully saturated rings. The van der Waals surface area contributed by atoms with Gasteiger partial charge in [-0.05, 0) is 64.3 Å². The summed E-state index contributed by atoms with van der Waals surface area (Å²) in [5, 5.41) is 3.22. The Bertz CT molecular complexity index is 513. The van der Waals surface area contributed by atoms with Gasteiger partial charge in [-0.25, -0.2) is 0 Å². The Morgan fingerprint density at radius 1 is 1.08 bits per heavy atom. The molecule has 1 aromatic carbocycles. The number of nitrogens with one attached hydrogen (secondary N) is 1. The first-order valence-electron chi connectivity index (χ1n) is 8.70. The Kier molecular flexibility index (Phi) is 10.9. The molecule has 1 N–H and O–H groups in total. The molecule has 1 unspecified atom stereocenters. The number of carbonyl (C=O) groups excluding carboxylic acids is 1. The number of hydrogen-bond acceptors (Lipinski definition) is 2. The van der Waals surface area contributed by atoms with Crippen molar-refractivity contribution in [3.05, 3.63) is 23.3 Å². The third-order valence-corrected chi connectivity index (χ3v) is 10.9. The van der Waals surface area contributed by atoms with Gasteiger partial charge in [0, 0.05) is 45.7 Å².